The summed E-state index contributed by atoms with van der Waals surface area (Å²) in [6, 6.07) is 5.40. The summed E-state index contributed by atoms with van der Waals surface area (Å²) < 4.78 is 10.9. The molecule has 2 N–H and O–H groups in total. The Balaban J connectivity index is 1.94. The van der Waals surface area contributed by atoms with Crippen molar-refractivity contribution in [3.63, 3.8) is 0 Å². The zero-order valence-corrected chi connectivity index (χ0v) is 11.6. The molecule has 19 heavy (non-hydrogen) atoms. The van der Waals surface area contributed by atoms with Crippen molar-refractivity contribution in [1.29, 1.82) is 0 Å². The molecule has 0 aromatic heterocycles. The highest BCUT2D eigenvalue weighted by Crippen LogP contribution is 2.32. The van der Waals surface area contributed by atoms with E-state index in [1.807, 2.05) is 26.8 Å². The van der Waals surface area contributed by atoms with Crippen molar-refractivity contribution < 1.29 is 14.3 Å². The lowest BCUT2D eigenvalue weighted by molar-refractivity contribution is -0.115. The summed E-state index contributed by atoms with van der Waals surface area (Å²) in [5.74, 6) is 1.32. The quantitative estimate of drug-likeness (QED) is 0.873. The third-order valence-corrected chi connectivity index (χ3v) is 2.61. The molecule has 0 fully saturated rings. The molecule has 2 rings (SSSR count). The third kappa shape index (κ3) is 4.13. The number of amides is 1. The molecule has 0 saturated carbocycles. The molecule has 1 amide bonds. The predicted molar refractivity (Wildman–Crippen MR) is 73.8 cm³/mol. The van der Waals surface area contributed by atoms with Crippen LogP contribution in [-0.2, 0) is 4.79 Å². The zero-order valence-electron chi connectivity index (χ0n) is 11.6. The molecule has 0 bridgehead atoms. The van der Waals surface area contributed by atoms with Crippen molar-refractivity contribution in [2.45, 2.75) is 26.3 Å². The summed E-state index contributed by atoms with van der Waals surface area (Å²) >= 11 is 0. The summed E-state index contributed by atoms with van der Waals surface area (Å²) in [7, 11) is 0. The minimum absolute atomic E-state index is 0.0772. The molecule has 1 aliphatic heterocycles. The normalized spacial score (nSPS) is 14.1. The van der Waals surface area contributed by atoms with Crippen LogP contribution in [0.3, 0.4) is 0 Å². The van der Waals surface area contributed by atoms with E-state index >= 15 is 0 Å². The maximum Gasteiger partial charge on any atom is 0.238 e. The molecular weight excluding hydrogens is 244 g/mol. The molecular formula is C14H20N2O3. The van der Waals surface area contributed by atoms with Gasteiger partial charge in [0.25, 0.3) is 0 Å². The second-order valence-electron chi connectivity index (χ2n) is 5.51. The Labute approximate surface area is 113 Å². The van der Waals surface area contributed by atoms with Crippen molar-refractivity contribution in [2.75, 3.05) is 25.1 Å². The Morgan fingerprint density at radius 1 is 1.21 bits per heavy atom. The topological polar surface area (TPSA) is 59.6 Å². The number of benzene rings is 1. The minimum Gasteiger partial charge on any atom is -0.486 e. The Morgan fingerprint density at radius 2 is 1.89 bits per heavy atom. The van der Waals surface area contributed by atoms with Gasteiger partial charge in [-0.2, -0.15) is 0 Å². The van der Waals surface area contributed by atoms with E-state index in [4.69, 9.17) is 9.47 Å². The van der Waals surface area contributed by atoms with Crippen molar-refractivity contribution in [3.8, 4) is 11.5 Å². The highest BCUT2D eigenvalue weighted by Gasteiger charge is 2.14. The number of carbonyl (C=O) groups excluding carboxylic acids is 1. The van der Waals surface area contributed by atoms with E-state index in [-0.39, 0.29) is 18.0 Å². The number of carbonyl (C=O) groups is 1. The van der Waals surface area contributed by atoms with Gasteiger partial charge in [0.2, 0.25) is 5.91 Å². The molecule has 0 aliphatic carbocycles. The third-order valence-electron chi connectivity index (χ3n) is 2.61. The van der Waals surface area contributed by atoms with Gasteiger partial charge in [-0.3, -0.25) is 4.79 Å². The standard InChI is InChI=1S/C14H20N2O3/c1-14(2,3)15-9-13(17)16-10-4-5-11-12(8-10)19-7-6-18-11/h4-5,8,15H,6-7,9H2,1-3H3,(H,16,17). The SMILES string of the molecule is CC(C)(C)NCC(=O)Nc1ccc2c(c1)OCCO2. The van der Waals surface area contributed by atoms with Gasteiger partial charge in [-0.25, -0.2) is 0 Å². The smallest absolute Gasteiger partial charge is 0.238 e. The molecule has 1 aromatic carbocycles. The summed E-state index contributed by atoms with van der Waals surface area (Å²) in [6.45, 7) is 7.43. The van der Waals surface area contributed by atoms with Gasteiger partial charge in [0.05, 0.1) is 6.54 Å². The van der Waals surface area contributed by atoms with Gasteiger partial charge in [-0.15, -0.1) is 0 Å². The fourth-order valence-electron chi connectivity index (χ4n) is 1.67. The fourth-order valence-corrected chi connectivity index (χ4v) is 1.67. The van der Waals surface area contributed by atoms with Gasteiger partial charge in [-0.05, 0) is 32.9 Å². The lowest BCUT2D eigenvalue weighted by Gasteiger charge is -2.21. The van der Waals surface area contributed by atoms with Crippen LogP contribution < -0.4 is 20.1 Å². The van der Waals surface area contributed by atoms with Crippen LogP contribution in [0.5, 0.6) is 11.5 Å². The summed E-state index contributed by atoms with van der Waals surface area (Å²) in [4.78, 5) is 11.8. The van der Waals surface area contributed by atoms with Crippen molar-refractivity contribution in [3.05, 3.63) is 18.2 Å². The van der Waals surface area contributed by atoms with Gasteiger partial charge in [0.15, 0.2) is 11.5 Å². The van der Waals surface area contributed by atoms with Gasteiger partial charge in [0, 0.05) is 17.3 Å². The van der Waals surface area contributed by atoms with E-state index in [1.165, 1.54) is 0 Å². The lowest BCUT2D eigenvalue weighted by atomic mass is 10.1. The summed E-state index contributed by atoms with van der Waals surface area (Å²) in [5, 5.41) is 5.96. The van der Waals surface area contributed by atoms with Crippen LogP contribution in [-0.4, -0.2) is 31.2 Å². The second kappa shape index (κ2) is 5.48. The molecule has 104 valence electrons. The van der Waals surface area contributed by atoms with Crippen molar-refractivity contribution >= 4 is 11.6 Å². The average Bonchev–Trinajstić information content (AvgIpc) is 2.35. The minimum atomic E-state index is -0.0792. The van der Waals surface area contributed by atoms with Gasteiger partial charge < -0.3 is 20.1 Å². The average molecular weight is 264 g/mol. The molecule has 0 spiro atoms. The molecule has 0 saturated heterocycles. The van der Waals surface area contributed by atoms with Crippen LogP contribution in [0, 0.1) is 0 Å². The Hall–Kier alpha value is -1.75. The molecule has 5 nitrogen and oxygen atoms in total. The first-order valence-corrected chi connectivity index (χ1v) is 6.38. The van der Waals surface area contributed by atoms with Crippen LogP contribution in [0.1, 0.15) is 20.8 Å². The zero-order chi connectivity index (χ0) is 13.9. The fraction of sp³-hybridized carbons (Fsp3) is 0.500. The first-order chi connectivity index (χ1) is 8.94. The summed E-state index contributed by atoms with van der Waals surface area (Å²) in [6.07, 6.45) is 0. The highest BCUT2D eigenvalue weighted by atomic mass is 16.6. The maximum atomic E-state index is 11.8. The van der Waals surface area contributed by atoms with Crippen LogP contribution >= 0.6 is 0 Å². The molecule has 5 heteroatoms. The molecule has 0 unspecified atom stereocenters. The highest BCUT2D eigenvalue weighted by molar-refractivity contribution is 5.92. The molecule has 0 atom stereocenters. The van der Waals surface area contributed by atoms with E-state index < -0.39 is 0 Å². The van der Waals surface area contributed by atoms with E-state index in [2.05, 4.69) is 10.6 Å². The maximum absolute atomic E-state index is 11.8. The predicted octanol–water partition coefficient (Wildman–Crippen LogP) is 1.78. The second-order valence-corrected chi connectivity index (χ2v) is 5.51. The van der Waals surface area contributed by atoms with Crippen LogP contribution in [0.15, 0.2) is 18.2 Å². The number of anilines is 1. The number of rotatable bonds is 3. The number of hydrogen-bond donors (Lipinski definition) is 2. The Bertz CT molecular complexity index is 466. The van der Waals surface area contributed by atoms with E-state index in [1.54, 1.807) is 12.1 Å². The number of fused-ring (bicyclic) bond motifs is 1. The van der Waals surface area contributed by atoms with E-state index in [0.29, 0.717) is 24.7 Å². The lowest BCUT2D eigenvalue weighted by Crippen LogP contribution is -2.41. The number of nitrogens with one attached hydrogen (secondary N) is 2. The van der Waals surface area contributed by atoms with Gasteiger partial charge in [-0.1, -0.05) is 0 Å². The van der Waals surface area contributed by atoms with Crippen molar-refractivity contribution in [2.24, 2.45) is 0 Å². The molecule has 0 radical (unpaired) electrons. The number of hydrogen-bond acceptors (Lipinski definition) is 4. The largest absolute Gasteiger partial charge is 0.486 e. The van der Waals surface area contributed by atoms with Crippen LogP contribution in [0.25, 0.3) is 0 Å². The molecule has 1 aliphatic rings. The Kier molecular flexibility index (Phi) is 3.95. The van der Waals surface area contributed by atoms with Crippen LogP contribution in [0.2, 0.25) is 0 Å². The molecule has 1 aromatic rings. The monoisotopic (exact) mass is 264 g/mol. The first kappa shape index (κ1) is 13.7. The summed E-state index contributed by atoms with van der Waals surface area (Å²) in [5.41, 5.74) is 0.634. The van der Waals surface area contributed by atoms with Crippen molar-refractivity contribution in [1.82, 2.24) is 5.32 Å². The van der Waals surface area contributed by atoms with E-state index in [9.17, 15) is 4.79 Å². The van der Waals surface area contributed by atoms with E-state index in [0.717, 1.165) is 5.75 Å². The van der Waals surface area contributed by atoms with Gasteiger partial charge in [0.1, 0.15) is 13.2 Å². The molecule has 1 heterocycles. The van der Waals surface area contributed by atoms with Gasteiger partial charge >= 0.3 is 0 Å². The van der Waals surface area contributed by atoms with Crippen LogP contribution in [0.4, 0.5) is 5.69 Å². The number of ether oxygens (including phenoxy) is 2. The first-order valence-electron chi connectivity index (χ1n) is 6.38. The Morgan fingerprint density at radius 3 is 2.58 bits per heavy atom.